The highest BCUT2D eigenvalue weighted by Gasteiger charge is 2.22. The second-order valence-corrected chi connectivity index (χ2v) is 6.64. The normalized spacial score (nSPS) is 16.4. The molecule has 1 saturated heterocycles. The number of nitrogens with zero attached hydrogens (tertiary/aromatic N) is 3. The number of hydrogen-bond acceptors (Lipinski definition) is 5. The summed E-state index contributed by atoms with van der Waals surface area (Å²) >= 11 is 1.58. The van der Waals surface area contributed by atoms with E-state index in [0.29, 0.717) is 5.92 Å². The van der Waals surface area contributed by atoms with Gasteiger partial charge in [-0.1, -0.05) is 30.0 Å². The Morgan fingerprint density at radius 2 is 1.87 bits per heavy atom. The van der Waals surface area contributed by atoms with Gasteiger partial charge in [0.05, 0.1) is 7.11 Å². The monoisotopic (exact) mass is 329 g/mol. The van der Waals surface area contributed by atoms with E-state index in [1.165, 1.54) is 24.0 Å². The summed E-state index contributed by atoms with van der Waals surface area (Å²) < 4.78 is 5.51. The Hall–Kier alpha value is -1.59. The van der Waals surface area contributed by atoms with E-state index in [1.807, 2.05) is 24.7 Å². The van der Waals surface area contributed by atoms with Gasteiger partial charge in [-0.3, -0.25) is 4.90 Å². The van der Waals surface area contributed by atoms with E-state index in [1.54, 1.807) is 18.9 Å². The molecule has 0 bridgehead atoms. The Labute approximate surface area is 142 Å². The summed E-state index contributed by atoms with van der Waals surface area (Å²) in [4.78, 5) is 11.2. The number of likely N-dealkylation sites (tertiary alicyclic amines) is 1. The van der Waals surface area contributed by atoms with Gasteiger partial charge in [-0.05, 0) is 49.7 Å². The van der Waals surface area contributed by atoms with Crippen LogP contribution in [0.15, 0.2) is 41.8 Å². The van der Waals surface area contributed by atoms with Crippen LogP contribution >= 0.6 is 11.8 Å². The van der Waals surface area contributed by atoms with E-state index in [4.69, 9.17) is 4.74 Å². The van der Waals surface area contributed by atoms with Gasteiger partial charge in [-0.15, -0.1) is 0 Å². The summed E-state index contributed by atoms with van der Waals surface area (Å²) in [5.41, 5.74) is 2.54. The van der Waals surface area contributed by atoms with Crippen LogP contribution in [-0.2, 0) is 6.54 Å². The first-order chi connectivity index (χ1) is 11.3. The number of rotatable bonds is 5. The Balaban J connectivity index is 1.57. The number of aromatic nitrogens is 2. The second kappa shape index (κ2) is 7.79. The Kier molecular flexibility index (Phi) is 5.51. The maximum Gasteiger partial charge on any atom is 0.187 e. The number of hydrogen-bond donors (Lipinski definition) is 0. The maximum atomic E-state index is 5.51. The van der Waals surface area contributed by atoms with Crippen LogP contribution in [0.2, 0.25) is 0 Å². The van der Waals surface area contributed by atoms with Gasteiger partial charge >= 0.3 is 0 Å². The molecule has 1 aromatic carbocycles. The zero-order valence-electron chi connectivity index (χ0n) is 13.7. The molecule has 0 aliphatic carbocycles. The van der Waals surface area contributed by atoms with Gasteiger partial charge in [0.15, 0.2) is 5.16 Å². The third kappa shape index (κ3) is 4.03. The zero-order valence-corrected chi connectivity index (χ0v) is 14.6. The molecule has 0 radical (unpaired) electrons. The van der Waals surface area contributed by atoms with Crippen molar-refractivity contribution in [3.63, 3.8) is 0 Å². The summed E-state index contributed by atoms with van der Waals surface area (Å²) in [7, 11) is 1.76. The minimum Gasteiger partial charge on any atom is -0.496 e. The van der Waals surface area contributed by atoms with Gasteiger partial charge in [-0.2, -0.15) is 0 Å². The molecule has 2 heterocycles. The van der Waals surface area contributed by atoms with Crippen molar-refractivity contribution in [3.8, 4) is 5.75 Å². The second-order valence-electron chi connectivity index (χ2n) is 5.87. The third-order valence-electron chi connectivity index (χ3n) is 4.44. The van der Waals surface area contributed by atoms with Crippen LogP contribution in [0, 0.1) is 0 Å². The predicted octanol–water partition coefficient (Wildman–Crippen LogP) is 3.59. The average molecular weight is 329 g/mol. The van der Waals surface area contributed by atoms with E-state index in [0.717, 1.165) is 30.5 Å². The lowest BCUT2D eigenvalue weighted by atomic mass is 9.88. The number of para-hydroxylation sites is 1. The van der Waals surface area contributed by atoms with Crippen LogP contribution in [0.1, 0.15) is 29.9 Å². The minimum absolute atomic E-state index is 0.595. The Morgan fingerprint density at radius 3 is 2.52 bits per heavy atom. The van der Waals surface area contributed by atoms with Crippen LogP contribution in [0.4, 0.5) is 0 Å². The van der Waals surface area contributed by atoms with E-state index < -0.39 is 0 Å². The van der Waals surface area contributed by atoms with Crippen molar-refractivity contribution in [1.82, 2.24) is 14.9 Å². The van der Waals surface area contributed by atoms with Crippen LogP contribution < -0.4 is 4.74 Å². The minimum atomic E-state index is 0.595. The number of ether oxygens (including phenoxy) is 1. The highest BCUT2D eigenvalue weighted by molar-refractivity contribution is 7.98. The Morgan fingerprint density at radius 1 is 1.17 bits per heavy atom. The van der Waals surface area contributed by atoms with Crippen molar-refractivity contribution in [3.05, 3.63) is 47.8 Å². The van der Waals surface area contributed by atoms with Crippen molar-refractivity contribution in [2.75, 3.05) is 26.5 Å². The van der Waals surface area contributed by atoms with Gasteiger partial charge < -0.3 is 4.74 Å². The van der Waals surface area contributed by atoms with E-state index in [-0.39, 0.29) is 0 Å². The fourth-order valence-corrected chi connectivity index (χ4v) is 3.51. The van der Waals surface area contributed by atoms with Crippen molar-refractivity contribution >= 4 is 11.8 Å². The molecule has 23 heavy (non-hydrogen) atoms. The highest BCUT2D eigenvalue weighted by Crippen LogP contribution is 2.34. The van der Waals surface area contributed by atoms with E-state index in [2.05, 4.69) is 33.1 Å². The van der Waals surface area contributed by atoms with Crippen LogP contribution in [0.25, 0.3) is 0 Å². The smallest absolute Gasteiger partial charge is 0.187 e. The highest BCUT2D eigenvalue weighted by atomic mass is 32.2. The number of benzene rings is 1. The van der Waals surface area contributed by atoms with Gasteiger partial charge in [0.1, 0.15) is 5.75 Å². The first kappa shape index (κ1) is 16.3. The molecule has 122 valence electrons. The quantitative estimate of drug-likeness (QED) is 0.619. The number of thioether (sulfide) groups is 1. The summed E-state index contributed by atoms with van der Waals surface area (Å²) in [6.07, 6.45) is 8.24. The molecule has 5 heteroatoms. The predicted molar refractivity (Wildman–Crippen MR) is 94.1 cm³/mol. The lowest BCUT2D eigenvalue weighted by Crippen LogP contribution is -2.32. The molecule has 1 aliphatic heterocycles. The van der Waals surface area contributed by atoms with Crippen molar-refractivity contribution < 1.29 is 4.74 Å². The topological polar surface area (TPSA) is 38.2 Å². The molecule has 0 saturated carbocycles. The van der Waals surface area contributed by atoms with Crippen LogP contribution in [0.3, 0.4) is 0 Å². The molecule has 2 aromatic rings. The largest absolute Gasteiger partial charge is 0.496 e. The summed E-state index contributed by atoms with van der Waals surface area (Å²) in [6.45, 7) is 3.15. The molecule has 4 nitrogen and oxygen atoms in total. The van der Waals surface area contributed by atoms with Gasteiger partial charge in [-0.25, -0.2) is 9.97 Å². The lowest BCUT2D eigenvalue weighted by Gasteiger charge is -2.32. The van der Waals surface area contributed by atoms with Crippen LogP contribution in [0.5, 0.6) is 5.75 Å². The molecule has 1 aromatic heterocycles. The maximum absolute atomic E-state index is 5.51. The molecule has 0 atom stereocenters. The van der Waals surface area contributed by atoms with Gasteiger partial charge in [0, 0.05) is 24.5 Å². The number of methoxy groups -OCH3 is 1. The van der Waals surface area contributed by atoms with Gasteiger partial charge in [0.25, 0.3) is 0 Å². The van der Waals surface area contributed by atoms with Crippen molar-refractivity contribution in [2.45, 2.75) is 30.5 Å². The zero-order chi connectivity index (χ0) is 16.1. The average Bonchev–Trinajstić information content (AvgIpc) is 2.63. The van der Waals surface area contributed by atoms with Crippen LogP contribution in [-0.4, -0.2) is 41.3 Å². The molecular weight excluding hydrogens is 306 g/mol. The van der Waals surface area contributed by atoms with Crippen molar-refractivity contribution in [2.24, 2.45) is 0 Å². The molecule has 3 rings (SSSR count). The fraction of sp³-hybridized carbons (Fsp3) is 0.444. The van der Waals surface area contributed by atoms with E-state index >= 15 is 0 Å². The standard InChI is InChI=1S/C18H23N3OS/c1-22-17-6-4-3-5-16(17)15-7-9-21(10-8-15)13-14-11-19-18(23-2)20-12-14/h3-6,11-12,15H,7-10,13H2,1-2H3. The third-order valence-corrected chi connectivity index (χ3v) is 5.01. The fourth-order valence-electron chi connectivity index (χ4n) is 3.19. The molecule has 0 amide bonds. The SMILES string of the molecule is COc1ccccc1C1CCN(Cc2cnc(SC)nc2)CC1. The molecular formula is C18H23N3OS. The molecule has 1 fully saturated rings. The lowest BCUT2D eigenvalue weighted by molar-refractivity contribution is 0.202. The molecule has 1 aliphatic rings. The molecule has 0 N–H and O–H groups in total. The first-order valence-corrected chi connectivity index (χ1v) is 9.23. The van der Waals surface area contributed by atoms with E-state index in [9.17, 15) is 0 Å². The Bertz CT molecular complexity index is 624. The summed E-state index contributed by atoms with van der Waals surface area (Å²) in [5.74, 6) is 1.62. The molecule has 0 spiro atoms. The first-order valence-electron chi connectivity index (χ1n) is 8.00. The van der Waals surface area contributed by atoms with Gasteiger partial charge in [0.2, 0.25) is 0 Å². The molecule has 0 unspecified atom stereocenters. The summed E-state index contributed by atoms with van der Waals surface area (Å²) in [6, 6.07) is 8.41. The summed E-state index contributed by atoms with van der Waals surface area (Å²) in [5, 5.41) is 0.837. The van der Waals surface area contributed by atoms with Crippen molar-refractivity contribution in [1.29, 1.82) is 0 Å². The number of piperidine rings is 1.